The number of hydrogen-bond acceptors (Lipinski definition) is 6. The fourth-order valence-corrected chi connectivity index (χ4v) is 5.44. The Hall–Kier alpha value is -2.37. The first kappa shape index (κ1) is 24.3. The summed E-state index contributed by atoms with van der Waals surface area (Å²) in [5.74, 6) is -1.65. The van der Waals surface area contributed by atoms with Crippen LogP contribution in [0.2, 0.25) is 0 Å². The van der Waals surface area contributed by atoms with Crippen molar-refractivity contribution in [2.45, 2.75) is 30.1 Å². The minimum atomic E-state index is -5.08. The maximum atomic E-state index is 12.2. The first-order chi connectivity index (χ1) is 15.2. The number of carboxylic acid groups (broad SMARTS) is 1. The van der Waals surface area contributed by atoms with Crippen LogP contribution in [-0.4, -0.2) is 62.7 Å². The molecule has 2 aliphatic heterocycles. The molecule has 2 fully saturated rings. The standard InChI is InChI=1S/C19H20N2O2S2.C2HF3O2/c22-18(7-6-17-5-3-9-24-17)21-13-19(14-21)10-16(12-25-19)23-11-15-4-1-2-8-20-15;3-2(4,5)1(6)7/h1-9,16H,10-14H2;(H,6,7)/b7-6+;. The largest absolute Gasteiger partial charge is 0.490 e. The average Bonchev–Trinajstić information content (AvgIpc) is 3.40. The Morgan fingerprint density at radius 3 is 2.62 bits per heavy atom. The second-order valence-electron chi connectivity index (χ2n) is 7.30. The number of thioether (sulfide) groups is 1. The third-order valence-electron chi connectivity index (χ3n) is 4.81. The van der Waals surface area contributed by atoms with Crippen LogP contribution in [0.15, 0.2) is 48.0 Å². The summed E-state index contributed by atoms with van der Waals surface area (Å²) in [5.41, 5.74) is 0.970. The van der Waals surface area contributed by atoms with Gasteiger partial charge in [-0.2, -0.15) is 13.2 Å². The summed E-state index contributed by atoms with van der Waals surface area (Å²) < 4.78 is 37.9. The monoisotopic (exact) mass is 486 g/mol. The Labute approximate surface area is 191 Å². The minimum Gasteiger partial charge on any atom is -0.475 e. The van der Waals surface area contributed by atoms with Crippen LogP contribution in [0.5, 0.6) is 0 Å². The van der Waals surface area contributed by atoms with Gasteiger partial charge in [-0.1, -0.05) is 12.1 Å². The molecule has 1 unspecified atom stereocenters. The number of hydrogen-bond donors (Lipinski definition) is 1. The molecule has 32 heavy (non-hydrogen) atoms. The second kappa shape index (κ2) is 10.5. The van der Waals surface area contributed by atoms with E-state index in [-0.39, 0.29) is 16.8 Å². The zero-order valence-electron chi connectivity index (χ0n) is 16.8. The highest BCUT2D eigenvalue weighted by Crippen LogP contribution is 2.46. The average molecular weight is 487 g/mol. The van der Waals surface area contributed by atoms with Crippen LogP contribution in [0, 0.1) is 0 Å². The molecule has 0 aromatic carbocycles. The second-order valence-corrected chi connectivity index (χ2v) is 9.77. The molecule has 172 valence electrons. The van der Waals surface area contributed by atoms with Crippen molar-refractivity contribution >= 4 is 41.1 Å². The molecular weight excluding hydrogens is 465 g/mol. The fraction of sp³-hybridized carbons (Fsp3) is 0.381. The van der Waals surface area contributed by atoms with Gasteiger partial charge in [-0.25, -0.2) is 4.79 Å². The van der Waals surface area contributed by atoms with Crippen LogP contribution in [0.1, 0.15) is 17.0 Å². The molecule has 0 bridgehead atoms. The van der Waals surface area contributed by atoms with E-state index in [0.29, 0.717) is 6.61 Å². The molecule has 1 spiro atoms. The molecule has 1 amide bonds. The van der Waals surface area contributed by atoms with E-state index in [2.05, 4.69) is 4.98 Å². The molecular formula is C21H21F3N2O4S2. The van der Waals surface area contributed by atoms with Crippen LogP contribution in [0.3, 0.4) is 0 Å². The van der Waals surface area contributed by atoms with Gasteiger partial charge < -0.3 is 14.7 Å². The van der Waals surface area contributed by atoms with Crippen molar-refractivity contribution in [3.63, 3.8) is 0 Å². The SMILES string of the molecule is O=C(/C=C/c1cccs1)N1CC2(CC(OCc3ccccn3)CS2)C1.O=C(O)C(F)(F)F. The van der Waals surface area contributed by atoms with Gasteiger partial charge in [-0.15, -0.1) is 23.1 Å². The third kappa shape index (κ3) is 6.81. The molecule has 2 aromatic rings. The molecule has 11 heteroatoms. The highest BCUT2D eigenvalue weighted by atomic mass is 32.2. The summed E-state index contributed by atoms with van der Waals surface area (Å²) in [6.45, 7) is 2.22. The third-order valence-corrected chi connectivity index (χ3v) is 7.23. The zero-order chi connectivity index (χ0) is 23.2. The number of amides is 1. The molecule has 1 N–H and O–H groups in total. The van der Waals surface area contributed by atoms with Crippen molar-refractivity contribution in [2.24, 2.45) is 0 Å². The van der Waals surface area contributed by atoms with Gasteiger partial charge in [0.05, 0.1) is 23.2 Å². The van der Waals surface area contributed by atoms with Gasteiger partial charge in [-0.05, 0) is 36.1 Å². The van der Waals surface area contributed by atoms with E-state index >= 15 is 0 Å². The fourth-order valence-electron chi connectivity index (χ4n) is 3.27. The summed E-state index contributed by atoms with van der Waals surface area (Å²) in [4.78, 5) is 28.5. The van der Waals surface area contributed by atoms with Gasteiger partial charge in [-0.3, -0.25) is 9.78 Å². The Morgan fingerprint density at radius 1 is 1.28 bits per heavy atom. The lowest BCUT2D eigenvalue weighted by molar-refractivity contribution is -0.192. The molecule has 2 aliphatic rings. The Morgan fingerprint density at radius 2 is 2.03 bits per heavy atom. The van der Waals surface area contributed by atoms with Gasteiger partial charge in [0, 0.05) is 36.0 Å². The van der Waals surface area contributed by atoms with Crippen LogP contribution >= 0.6 is 23.1 Å². The summed E-state index contributed by atoms with van der Waals surface area (Å²) >= 11 is 3.59. The number of ether oxygens (including phenoxy) is 1. The van der Waals surface area contributed by atoms with E-state index in [0.717, 1.165) is 35.8 Å². The first-order valence-electron chi connectivity index (χ1n) is 9.63. The van der Waals surface area contributed by atoms with E-state index in [1.807, 2.05) is 58.4 Å². The van der Waals surface area contributed by atoms with Crippen molar-refractivity contribution in [1.82, 2.24) is 9.88 Å². The van der Waals surface area contributed by atoms with Crippen molar-refractivity contribution < 1.29 is 32.6 Å². The molecule has 2 saturated heterocycles. The molecule has 4 heterocycles. The number of aromatic nitrogens is 1. The summed E-state index contributed by atoms with van der Waals surface area (Å²) in [6.07, 6.45) is 1.57. The van der Waals surface area contributed by atoms with Gasteiger partial charge in [0.1, 0.15) is 0 Å². The predicted molar refractivity (Wildman–Crippen MR) is 116 cm³/mol. The maximum Gasteiger partial charge on any atom is 0.490 e. The number of aliphatic carboxylic acids is 1. The van der Waals surface area contributed by atoms with Crippen molar-refractivity contribution in [2.75, 3.05) is 18.8 Å². The highest BCUT2D eigenvalue weighted by Gasteiger charge is 2.50. The lowest BCUT2D eigenvalue weighted by Gasteiger charge is -2.47. The van der Waals surface area contributed by atoms with Crippen molar-refractivity contribution in [3.8, 4) is 0 Å². The first-order valence-corrected chi connectivity index (χ1v) is 11.5. The van der Waals surface area contributed by atoms with E-state index in [1.54, 1.807) is 23.6 Å². The van der Waals surface area contributed by atoms with Gasteiger partial charge in [0.25, 0.3) is 0 Å². The lowest BCUT2D eigenvalue weighted by Crippen LogP contribution is -2.60. The number of alkyl halides is 3. The van der Waals surface area contributed by atoms with Crippen LogP contribution < -0.4 is 0 Å². The number of rotatable bonds is 5. The van der Waals surface area contributed by atoms with Crippen LogP contribution in [0.25, 0.3) is 6.08 Å². The molecule has 4 rings (SSSR count). The minimum absolute atomic E-state index is 0.109. The normalized spacial score (nSPS) is 19.5. The topological polar surface area (TPSA) is 79.7 Å². The van der Waals surface area contributed by atoms with Gasteiger partial charge >= 0.3 is 12.1 Å². The summed E-state index contributed by atoms with van der Waals surface area (Å²) in [6, 6.07) is 9.89. The highest BCUT2D eigenvalue weighted by molar-refractivity contribution is 8.01. The zero-order valence-corrected chi connectivity index (χ0v) is 18.5. The van der Waals surface area contributed by atoms with Gasteiger partial charge in [0.15, 0.2) is 0 Å². The Kier molecular flexibility index (Phi) is 7.96. The summed E-state index contributed by atoms with van der Waals surface area (Å²) in [7, 11) is 0. The quantitative estimate of drug-likeness (QED) is 0.642. The molecule has 1 atom stereocenters. The predicted octanol–water partition coefficient (Wildman–Crippen LogP) is 4.09. The number of carbonyl (C=O) groups excluding carboxylic acids is 1. The smallest absolute Gasteiger partial charge is 0.475 e. The van der Waals surface area contributed by atoms with Crippen LogP contribution in [0.4, 0.5) is 13.2 Å². The molecule has 2 aromatic heterocycles. The van der Waals surface area contributed by atoms with E-state index in [1.165, 1.54) is 0 Å². The number of carboxylic acids is 1. The number of nitrogens with zero attached hydrogens (tertiary/aromatic N) is 2. The maximum absolute atomic E-state index is 12.2. The number of likely N-dealkylation sites (tertiary alicyclic amines) is 1. The molecule has 0 aliphatic carbocycles. The number of thiophene rings is 1. The van der Waals surface area contributed by atoms with E-state index in [9.17, 15) is 18.0 Å². The number of carbonyl (C=O) groups is 2. The molecule has 6 nitrogen and oxygen atoms in total. The van der Waals surface area contributed by atoms with Crippen LogP contribution in [-0.2, 0) is 20.9 Å². The summed E-state index contributed by atoms with van der Waals surface area (Å²) in [5, 5.41) is 9.14. The lowest BCUT2D eigenvalue weighted by atomic mass is 9.93. The van der Waals surface area contributed by atoms with Crippen molar-refractivity contribution in [1.29, 1.82) is 0 Å². The van der Waals surface area contributed by atoms with Crippen molar-refractivity contribution in [3.05, 3.63) is 58.6 Å². The molecule has 0 saturated carbocycles. The Bertz CT molecular complexity index is 930. The Balaban J connectivity index is 0.000000360. The number of pyridine rings is 1. The molecule has 0 radical (unpaired) electrons. The number of halogens is 3. The van der Waals surface area contributed by atoms with E-state index < -0.39 is 12.1 Å². The van der Waals surface area contributed by atoms with E-state index in [4.69, 9.17) is 14.6 Å². The van der Waals surface area contributed by atoms with Gasteiger partial charge in [0.2, 0.25) is 5.91 Å².